The van der Waals surface area contributed by atoms with Gasteiger partial charge in [-0.15, -0.1) is 10.2 Å². The standard InChI is InChI=1S/C20H27N5O2S/c26-28(27,17-18-7-3-1-4-8-18)25-15-13-24(14-16-25)20-10-9-19(21-22-20)23-11-5-2-6-12-23/h1,3-4,7-10H,2,5-6,11-17H2. The molecule has 3 heterocycles. The van der Waals surface area contributed by atoms with Crippen LogP contribution in [0, 0.1) is 0 Å². The van der Waals surface area contributed by atoms with E-state index in [0.29, 0.717) is 26.2 Å². The van der Waals surface area contributed by atoms with Crippen LogP contribution in [0.3, 0.4) is 0 Å². The molecule has 2 aliphatic heterocycles. The molecule has 0 radical (unpaired) electrons. The van der Waals surface area contributed by atoms with Crippen LogP contribution in [0.15, 0.2) is 42.5 Å². The number of aromatic nitrogens is 2. The highest BCUT2D eigenvalue weighted by Gasteiger charge is 2.27. The third kappa shape index (κ3) is 4.44. The SMILES string of the molecule is O=S(=O)(Cc1ccccc1)N1CCN(c2ccc(N3CCCCC3)nn2)CC1. The molecule has 0 bridgehead atoms. The van der Waals surface area contributed by atoms with E-state index in [0.717, 1.165) is 30.3 Å². The van der Waals surface area contributed by atoms with Gasteiger partial charge in [-0.1, -0.05) is 30.3 Å². The van der Waals surface area contributed by atoms with E-state index in [1.807, 2.05) is 42.5 Å². The Morgan fingerprint density at radius 3 is 1.86 bits per heavy atom. The maximum Gasteiger partial charge on any atom is 0.218 e. The van der Waals surface area contributed by atoms with Crippen LogP contribution < -0.4 is 9.80 Å². The third-order valence-electron chi connectivity index (χ3n) is 5.46. The van der Waals surface area contributed by atoms with Crippen LogP contribution in [0.25, 0.3) is 0 Å². The summed E-state index contributed by atoms with van der Waals surface area (Å²) in [7, 11) is -3.30. The van der Waals surface area contributed by atoms with E-state index in [4.69, 9.17) is 0 Å². The fourth-order valence-corrected chi connectivity index (χ4v) is 5.37. The predicted molar refractivity (Wildman–Crippen MR) is 111 cm³/mol. The summed E-state index contributed by atoms with van der Waals surface area (Å²) in [6, 6.07) is 13.4. The molecule has 8 heteroatoms. The highest BCUT2D eigenvalue weighted by atomic mass is 32.2. The van der Waals surface area contributed by atoms with Crippen LogP contribution in [-0.2, 0) is 15.8 Å². The van der Waals surface area contributed by atoms with Gasteiger partial charge in [0.2, 0.25) is 10.0 Å². The highest BCUT2D eigenvalue weighted by Crippen LogP contribution is 2.21. The molecule has 4 rings (SSSR count). The van der Waals surface area contributed by atoms with Crippen molar-refractivity contribution in [2.24, 2.45) is 0 Å². The molecule has 2 fully saturated rings. The number of piperidine rings is 1. The second-order valence-electron chi connectivity index (χ2n) is 7.43. The Morgan fingerprint density at radius 2 is 1.29 bits per heavy atom. The largest absolute Gasteiger partial charge is 0.355 e. The van der Waals surface area contributed by atoms with E-state index < -0.39 is 10.0 Å². The first-order valence-electron chi connectivity index (χ1n) is 9.97. The summed E-state index contributed by atoms with van der Waals surface area (Å²) in [5.74, 6) is 1.81. The Kier molecular flexibility index (Phi) is 5.77. The van der Waals surface area contributed by atoms with Gasteiger partial charge in [0.1, 0.15) is 0 Å². The van der Waals surface area contributed by atoms with E-state index in [9.17, 15) is 8.42 Å². The van der Waals surface area contributed by atoms with Gasteiger partial charge in [0.05, 0.1) is 5.75 Å². The number of anilines is 2. The summed E-state index contributed by atoms with van der Waals surface area (Å²) >= 11 is 0. The van der Waals surface area contributed by atoms with Crippen molar-refractivity contribution >= 4 is 21.7 Å². The molecule has 0 atom stereocenters. The lowest BCUT2D eigenvalue weighted by atomic mass is 10.1. The van der Waals surface area contributed by atoms with Gasteiger partial charge >= 0.3 is 0 Å². The first-order valence-corrected chi connectivity index (χ1v) is 11.6. The number of nitrogens with zero attached hydrogens (tertiary/aromatic N) is 5. The molecule has 2 aliphatic rings. The third-order valence-corrected chi connectivity index (χ3v) is 7.31. The fourth-order valence-electron chi connectivity index (χ4n) is 3.85. The van der Waals surface area contributed by atoms with E-state index in [-0.39, 0.29) is 5.75 Å². The van der Waals surface area contributed by atoms with E-state index in [1.54, 1.807) is 4.31 Å². The number of benzene rings is 1. The number of piperazine rings is 1. The zero-order valence-corrected chi connectivity index (χ0v) is 16.9. The average Bonchev–Trinajstić information content (AvgIpc) is 2.75. The average molecular weight is 402 g/mol. The van der Waals surface area contributed by atoms with Crippen molar-refractivity contribution in [3.05, 3.63) is 48.0 Å². The van der Waals surface area contributed by atoms with Gasteiger partial charge in [-0.05, 0) is 37.0 Å². The van der Waals surface area contributed by atoms with Crippen molar-refractivity contribution in [2.75, 3.05) is 49.1 Å². The van der Waals surface area contributed by atoms with E-state index >= 15 is 0 Å². The summed E-state index contributed by atoms with van der Waals surface area (Å²) < 4.78 is 27.0. The Labute approximate surface area is 167 Å². The van der Waals surface area contributed by atoms with Crippen molar-refractivity contribution in [3.63, 3.8) is 0 Å². The van der Waals surface area contributed by atoms with Gasteiger partial charge in [-0.2, -0.15) is 4.31 Å². The second-order valence-corrected chi connectivity index (χ2v) is 9.39. The number of hydrogen-bond acceptors (Lipinski definition) is 6. The molecule has 28 heavy (non-hydrogen) atoms. The normalized spacial score (nSPS) is 19.0. The Balaban J connectivity index is 1.34. The molecular formula is C20H27N5O2S. The first kappa shape index (κ1) is 19.1. The number of hydrogen-bond donors (Lipinski definition) is 0. The lowest BCUT2D eigenvalue weighted by Crippen LogP contribution is -2.49. The Morgan fingerprint density at radius 1 is 0.714 bits per heavy atom. The molecule has 7 nitrogen and oxygen atoms in total. The van der Waals surface area contributed by atoms with Gasteiger partial charge < -0.3 is 9.80 Å². The molecule has 1 aromatic heterocycles. The molecule has 0 amide bonds. The van der Waals surface area contributed by atoms with Gasteiger partial charge in [-0.3, -0.25) is 0 Å². The van der Waals surface area contributed by atoms with Gasteiger partial charge in [-0.25, -0.2) is 8.42 Å². The minimum atomic E-state index is -3.30. The van der Waals surface area contributed by atoms with Crippen molar-refractivity contribution in [1.82, 2.24) is 14.5 Å². The maximum absolute atomic E-state index is 12.7. The molecule has 2 aromatic rings. The van der Waals surface area contributed by atoms with Crippen LogP contribution >= 0.6 is 0 Å². The van der Waals surface area contributed by atoms with Gasteiger partial charge in [0, 0.05) is 39.3 Å². The quantitative estimate of drug-likeness (QED) is 0.764. The first-order chi connectivity index (χ1) is 13.6. The van der Waals surface area contributed by atoms with E-state index in [1.165, 1.54) is 19.3 Å². The zero-order valence-electron chi connectivity index (χ0n) is 16.1. The van der Waals surface area contributed by atoms with Crippen LogP contribution in [-0.4, -0.2) is 62.2 Å². The lowest BCUT2D eigenvalue weighted by Gasteiger charge is -2.34. The molecule has 1 aromatic carbocycles. The van der Waals surface area contributed by atoms with Crippen molar-refractivity contribution in [2.45, 2.75) is 25.0 Å². The summed E-state index contributed by atoms with van der Waals surface area (Å²) in [6.07, 6.45) is 3.71. The van der Waals surface area contributed by atoms with Crippen molar-refractivity contribution in [1.29, 1.82) is 0 Å². The topological polar surface area (TPSA) is 69.6 Å². The monoisotopic (exact) mass is 401 g/mol. The summed E-state index contributed by atoms with van der Waals surface area (Å²) in [6.45, 7) is 4.31. The minimum Gasteiger partial charge on any atom is -0.355 e. The van der Waals surface area contributed by atoms with Crippen LogP contribution in [0.5, 0.6) is 0 Å². The predicted octanol–water partition coefficient (Wildman–Crippen LogP) is 2.12. The molecular weight excluding hydrogens is 374 g/mol. The molecule has 0 unspecified atom stereocenters. The summed E-state index contributed by atoms with van der Waals surface area (Å²) in [5, 5.41) is 8.80. The molecule has 0 saturated carbocycles. The van der Waals surface area contributed by atoms with Gasteiger partial charge in [0.25, 0.3) is 0 Å². The van der Waals surface area contributed by atoms with Crippen LogP contribution in [0.2, 0.25) is 0 Å². The number of rotatable bonds is 5. The van der Waals surface area contributed by atoms with Crippen LogP contribution in [0.1, 0.15) is 24.8 Å². The Bertz CT molecular complexity index is 859. The summed E-state index contributed by atoms with van der Waals surface area (Å²) in [4.78, 5) is 4.40. The van der Waals surface area contributed by atoms with E-state index in [2.05, 4.69) is 20.0 Å². The number of sulfonamides is 1. The van der Waals surface area contributed by atoms with Crippen molar-refractivity contribution in [3.8, 4) is 0 Å². The second kappa shape index (κ2) is 8.45. The Hall–Kier alpha value is -2.19. The highest BCUT2D eigenvalue weighted by molar-refractivity contribution is 7.88. The molecule has 0 N–H and O–H groups in total. The maximum atomic E-state index is 12.7. The van der Waals surface area contributed by atoms with Crippen molar-refractivity contribution < 1.29 is 8.42 Å². The van der Waals surface area contributed by atoms with Crippen LogP contribution in [0.4, 0.5) is 11.6 Å². The smallest absolute Gasteiger partial charge is 0.218 e. The minimum absolute atomic E-state index is 0.0537. The fraction of sp³-hybridized carbons (Fsp3) is 0.500. The molecule has 150 valence electrons. The lowest BCUT2D eigenvalue weighted by molar-refractivity contribution is 0.383. The molecule has 0 aliphatic carbocycles. The molecule has 2 saturated heterocycles. The molecule has 0 spiro atoms. The zero-order chi connectivity index (χ0) is 19.4. The summed E-state index contributed by atoms with van der Waals surface area (Å²) in [5.41, 5.74) is 0.823. The van der Waals surface area contributed by atoms with Gasteiger partial charge in [0.15, 0.2) is 11.6 Å².